The van der Waals surface area contributed by atoms with Gasteiger partial charge in [0, 0.05) is 25.8 Å². The Morgan fingerprint density at radius 1 is 1.00 bits per heavy atom. The molecule has 0 amide bonds. The highest BCUT2D eigenvalue weighted by molar-refractivity contribution is 8.00. The Labute approximate surface area is 164 Å². The zero-order valence-corrected chi connectivity index (χ0v) is 17.1. The molecular formula is C22H23ClO2S. The third-order valence-electron chi connectivity index (χ3n) is 3.79. The molecule has 0 aliphatic rings. The highest BCUT2D eigenvalue weighted by Gasteiger charge is 2.13. The summed E-state index contributed by atoms with van der Waals surface area (Å²) in [6, 6.07) is 17.9. The molecule has 0 aliphatic heterocycles. The summed E-state index contributed by atoms with van der Waals surface area (Å²) in [6.07, 6.45) is 0. The summed E-state index contributed by atoms with van der Waals surface area (Å²) in [5.41, 5.74) is 2.05. The largest absolute Gasteiger partial charge is 0.489 e. The van der Waals surface area contributed by atoms with Crippen LogP contribution >= 0.6 is 23.4 Å². The van der Waals surface area contributed by atoms with Crippen molar-refractivity contribution in [3.63, 3.8) is 0 Å². The quantitative estimate of drug-likeness (QED) is 0.427. The molecule has 0 aliphatic carbocycles. The first-order valence-corrected chi connectivity index (χ1v) is 9.77. The molecule has 1 aromatic heterocycles. The molecule has 0 saturated heterocycles. The van der Waals surface area contributed by atoms with Gasteiger partial charge in [0.2, 0.25) is 0 Å². The van der Waals surface area contributed by atoms with Crippen LogP contribution in [0.1, 0.15) is 32.1 Å². The zero-order chi connectivity index (χ0) is 18.7. The van der Waals surface area contributed by atoms with Crippen LogP contribution in [0.15, 0.2) is 63.9 Å². The molecule has 0 bridgehead atoms. The van der Waals surface area contributed by atoms with Gasteiger partial charge < -0.3 is 9.15 Å². The van der Waals surface area contributed by atoms with Crippen LogP contribution in [0.25, 0.3) is 11.3 Å². The predicted octanol–water partition coefficient (Wildman–Crippen LogP) is 7.38. The zero-order valence-electron chi connectivity index (χ0n) is 15.5. The van der Waals surface area contributed by atoms with Gasteiger partial charge in [-0.2, -0.15) is 0 Å². The van der Waals surface area contributed by atoms with Crippen LogP contribution in [-0.2, 0) is 6.61 Å². The second-order valence-corrected chi connectivity index (χ2v) is 9.51. The van der Waals surface area contributed by atoms with E-state index in [1.54, 1.807) is 0 Å². The minimum atomic E-state index is 0.203. The molecule has 0 atom stereocenters. The average molecular weight is 387 g/mol. The second kappa shape index (κ2) is 7.81. The van der Waals surface area contributed by atoms with Gasteiger partial charge in [0.15, 0.2) is 0 Å². The minimum absolute atomic E-state index is 0.203. The average Bonchev–Trinajstić information content (AvgIpc) is 2.94. The van der Waals surface area contributed by atoms with E-state index >= 15 is 0 Å². The van der Waals surface area contributed by atoms with Gasteiger partial charge in [-0.1, -0.05) is 32.4 Å². The third-order valence-corrected chi connectivity index (χ3v) is 5.16. The van der Waals surface area contributed by atoms with Crippen molar-refractivity contribution in [2.45, 2.75) is 43.9 Å². The van der Waals surface area contributed by atoms with E-state index in [-0.39, 0.29) is 4.75 Å². The Bertz CT molecular complexity index is 859. The van der Waals surface area contributed by atoms with Gasteiger partial charge in [0.1, 0.15) is 23.9 Å². The van der Waals surface area contributed by atoms with Crippen LogP contribution in [0.4, 0.5) is 0 Å². The van der Waals surface area contributed by atoms with E-state index in [9.17, 15) is 0 Å². The molecule has 2 nitrogen and oxygen atoms in total. The molecule has 0 N–H and O–H groups in total. The molecule has 0 saturated carbocycles. The topological polar surface area (TPSA) is 22.4 Å². The summed E-state index contributed by atoms with van der Waals surface area (Å²) in [5.74, 6) is 2.56. The Kier molecular flexibility index (Phi) is 5.69. The molecule has 0 fully saturated rings. The minimum Gasteiger partial charge on any atom is -0.489 e. The van der Waals surface area contributed by atoms with Crippen molar-refractivity contribution in [2.75, 3.05) is 0 Å². The first-order chi connectivity index (χ1) is 12.3. The van der Waals surface area contributed by atoms with Crippen molar-refractivity contribution >= 4 is 23.4 Å². The van der Waals surface area contributed by atoms with Gasteiger partial charge in [-0.3, -0.25) is 0 Å². The van der Waals surface area contributed by atoms with E-state index in [1.807, 2.05) is 61.2 Å². The third kappa shape index (κ3) is 5.09. The van der Waals surface area contributed by atoms with Crippen LogP contribution in [0.3, 0.4) is 0 Å². The fourth-order valence-corrected chi connectivity index (χ4v) is 3.64. The highest BCUT2D eigenvalue weighted by Crippen LogP contribution is 2.33. The number of aryl methyl sites for hydroxylation is 1. The molecule has 0 radical (unpaired) electrons. The molecule has 3 aromatic rings. The number of ether oxygens (including phenoxy) is 1. The van der Waals surface area contributed by atoms with Crippen LogP contribution in [0, 0.1) is 6.92 Å². The van der Waals surface area contributed by atoms with Crippen molar-refractivity contribution in [3.8, 4) is 17.1 Å². The van der Waals surface area contributed by atoms with E-state index < -0.39 is 0 Å². The molecule has 0 unspecified atom stereocenters. The summed E-state index contributed by atoms with van der Waals surface area (Å²) in [7, 11) is 0. The maximum absolute atomic E-state index is 5.95. The molecule has 26 heavy (non-hydrogen) atoms. The Balaban J connectivity index is 1.65. The SMILES string of the molecule is Cc1oc(-c2ccc(Cl)cc2)cc1COc1ccc(SC(C)(C)C)cc1. The van der Waals surface area contributed by atoms with Crippen LogP contribution in [-0.4, -0.2) is 4.75 Å². The number of thioether (sulfide) groups is 1. The van der Waals surface area contributed by atoms with Gasteiger partial charge in [-0.25, -0.2) is 0 Å². The normalized spacial score (nSPS) is 11.6. The maximum atomic E-state index is 5.95. The Morgan fingerprint density at radius 3 is 2.27 bits per heavy atom. The van der Waals surface area contributed by atoms with Crippen molar-refractivity contribution in [3.05, 3.63) is 70.9 Å². The van der Waals surface area contributed by atoms with E-state index in [4.69, 9.17) is 20.8 Å². The number of hydrogen-bond donors (Lipinski definition) is 0. The first-order valence-electron chi connectivity index (χ1n) is 8.57. The number of benzene rings is 2. The summed E-state index contributed by atoms with van der Waals surface area (Å²) in [5, 5.41) is 0.716. The standard InChI is InChI=1S/C22H23ClO2S/c1-15-17(13-21(25-15)16-5-7-18(23)8-6-16)14-24-19-9-11-20(12-10-19)26-22(2,3)4/h5-13H,14H2,1-4H3. The van der Waals surface area contributed by atoms with Crippen molar-refractivity contribution in [1.82, 2.24) is 0 Å². The van der Waals surface area contributed by atoms with E-state index in [2.05, 4.69) is 32.9 Å². The lowest BCUT2D eigenvalue weighted by atomic mass is 10.1. The summed E-state index contributed by atoms with van der Waals surface area (Å²) < 4.78 is 12.0. The van der Waals surface area contributed by atoms with Gasteiger partial charge in [0.25, 0.3) is 0 Å². The Morgan fingerprint density at radius 2 is 1.65 bits per heavy atom. The number of furan rings is 1. The van der Waals surface area contributed by atoms with Gasteiger partial charge >= 0.3 is 0 Å². The molecule has 1 heterocycles. The monoisotopic (exact) mass is 386 g/mol. The van der Waals surface area contributed by atoms with Gasteiger partial charge in [0.05, 0.1) is 0 Å². The molecule has 2 aromatic carbocycles. The number of halogens is 1. The van der Waals surface area contributed by atoms with Gasteiger partial charge in [-0.05, 0) is 61.5 Å². The summed E-state index contributed by atoms with van der Waals surface area (Å²) in [4.78, 5) is 1.24. The van der Waals surface area contributed by atoms with Crippen LogP contribution in [0.5, 0.6) is 5.75 Å². The number of rotatable bonds is 5. The molecule has 3 rings (SSSR count). The first kappa shape index (κ1) is 18.9. The molecule has 136 valence electrons. The van der Waals surface area contributed by atoms with E-state index in [0.717, 1.165) is 28.4 Å². The van der Waals surface area contributed by atoms with Crippen LogP contribution in [0.2, 0.25) is 5.02 Å². The fourth-order valence-electron chi connectivity index (χ4n) is 2.54. The van der Waals surface area contributed by atoms with Crippen molar-refractivity contribution < 1.29 is 9.15 Å². The highest BCUT2D eigenvalue weighted by atomic mass is 35.5. The molecular weight excluding hydrogens is 364 g/mol. The summed E-state index contributed by atoms with van der Waals surface area (Å²) in [6.45, 7) is 9.07. The lowest BCUT2D eigenvalue weighted by molar-refractivity contribution is 0.303. The summed E-state index contributed by atoms with van der Waals surface area (Å²) >= 11 is 7.80. The molecule has 0 spiro atoms. The lowest BCUT2D eigenvalue weighted by Crippen LogP contribution is -2.06. The smallest absolute Gasteiger partial charge is 0.134 e. The van der Waals surface area contributed by atoms with Gasteiger partial charge in [-0.15, -0.1) is 11.8 Å². The van der Waals surface area contributed by atoms with E-state index in [0.29, 0.717) is 11.6 Å². The van der Waals surface area contributed by atoms with E-state index in [1.165, 1.54) is 4.90 Å². The van der Waals surface area contributed by atoms with Crippen molar-refractivity contribution in [1.29, 1.82) is 0 Å². The van der Waals surface area contributed by atoms with Crippen LogP contribution < -0.4 is 4.74 Å². The lowest BCUT2D eigenvalue weighted by Gasteiger charge is -2.17. The Hall–Kier alpha value is -1.84. The maximum Gasteiger partial charge on any atom is 0.134 e. The second-order valence-electron chi connectivity index (χ2n) is 7.17. The number of hydrogen-bond acceptors (Lipinski definition) is 3. The van der Waals surface area contributed by atoms with Crippen molar-refractivity contribution in [2.24, 2.45) is 0 Å². The molecule has 4 heteroatoms. The predicted molar refractivity (Wildman–Crippen MR) is 110 cm³/mol. The fraction of sp³-hybridized carbons (Fsp3) is 0.273.